The van der Waals surface area contributed by atoms with E-state index < -0.39 is 24.8 Å². The number of carbonyl (C=O) groups is 2. The molecule has 0 radical (unpaired) electrons. The molecular weight excluding hydrogens is 395 g/mol. The minimum atomic E-state index is -3.72. The first-order valence-electron chi connectivity index (χ1n) is 9.92. The summed E-state index contributed by atoms with van der Waals surface area (Å²) < 4.78 is 34.5. The molecule has 1 unspecified atom stereocenters. The predicted octanol–water partition coefficient (Wildman–Crippen LogP) is 4.88. The molecule has 7 nitrogen and oxygen atoms in total. The van der Waals surface area contributed by atoms with Gasteiger partial charge in [0.15, 0.2) is 5.66 Å². The van der Waals surface area contributed by atoms with Crippen molar-refractivity contribution in [2.45, 2.75) is 71.7 Å². The zero-order chi connectivity index (χ0) is 21.9. The molecule has 0 heterocycles. The van der Waals surface area contributed by atoms with Crippen molar-refractivity contribution in [1.82, 2.24) is 0 Å². The molecular formula is C21H33O7P. The van der Waals surface area contributed by atoms with E-state index >= 15 is 0 Å². The van der Waals surface area contributed by atoms with Crippen LogP contribution in [0.15, 0.2) is 30.3 Å². The molecule has 0 N–H and O–H groups in total. The second-order valence-corrected chi connectivity index (χ2v) is 9.68. The lowest BCUT2D eigenvalue weighted by molar-refractivity contribution is -0.155. The van der Waals surface area contributed by atoms with Gasteiger partial charge in [-0.3, -0.25) is 14.2 Å². The Hall–Kier alpha value is -1.69. The third kappa shape index (κ3) is 9.57. The monoisotopic (exact) mass is 428 g/mol. The number of ether oxygens (including phenoxy) is 2. The van der Waals surface area contributed by atoms with Crippen LogP contribution in [0.25, 0.3) is 0 Å². The van der Waals surface area contributed by atoms with E-state index in [2.05, 4.69) is 0 Å². The summed E-state index contributed by atoms with van der Waals surface area (Å²) in [6.45, 7) is 9.01. The maximum atomic E-state index is 13.2. The molecule has 0 saturated carbocycles. The Bertz CT molecular complexity index is 672. The number of hydrogen-bond acceptors (Lipinski definition) is 7. The van der Waals surface area contributed by atoms with Gasteiger partial charge in [0.1, 0.15) is 12.2 Å². The standard InChI is InChI=1S/C21H33O7P/c1-6-26-29(24,27-7-2)18(20(23)28-21(3,4)5)14-11-15-19(22)25-16-17-12-9-8-10-13-17/h8-10,12-13,18H,6-7,11,14-16H2,1-5H3. The number of esters is 2. The van der Waals surface area contributed by atoms with E-state index in [1.165, 1.54) is 0 Å². The van der Waals surface area contributed by atoms with E-state index in [4.69, 9.17) is 18.5 Å². The van der Waals surface area contributed by atoms with Crippen LogP contribution in [-0.2, 0) is 39.3 Å². The van der Waals surface area contributed by atoms with Crippen LogP contribution in [0.2, 0.25) is 0 Å². The highest BCUT2D eigenvalue weighted by molar-refractivity contribution is 7.55. The molecule has 1 rings (SSSR count). The van der Waals surface area contributed by atoms with Gasteiger partial charge in [-0.05, 0) is 53.0 Å². The van der Waals surface area contributed by atoms with Gasteiger partial charge in [-0.2, -0.15) is 0 Å². The molecule has 8 heteroatoms. The molecule has 0 amide bonds. The topological polar surface area (TPSA) is 88.1 Å². The summed E-state index contributed by atoms with van der Waals surface area (Å²) in [5.41, 5.74) is -0.944. The summed E-state index contributed by atoms with van der Waals surface area (Å²) in [6, 6.07) is 9.36. The number of carbonyl (C=O) groups excluding carboxylic acids is 2. The highest BCUT2D eigenvalue weighted by Crippen LogP contribution is 2.55. The van der Waals surface area contributed by atoms with Gasteiger partial charge < -0.3 is 18.5 Å². The molecule has 0 aliphatic rings. The van der Waals surface area contributed by atoms with Crippen molar-refractivity contribution < 1.29 is 32.7 Å². The van der Waals surface area contributed by atoms with Crippen molar-refractivity contribution in [1.29, 1.82) is 0 Å². The zero-order valence-corrected chi connectivity index (χ0v) is 18.9. The fourth-order valence-electron chi connectivity index (χ4n) is 2.60. The quantitative estimate of drug-likeness (QED) is 0.346. The van der Waals surface area contributed by atoms with Crippen LogP contribution in [-0.4, -0.2) is 36.4 Å². The summed E-state index contributed by atoms with van der Waals surface area (Å²) in [5.74, 6) is -1.04. The Balaban J connectivity index is 2.71. The summed E-state index contributed by atoms with van der Waals surface area (Å²) in [5, 5.41) is 0. The van der Waals surface area contributed by atoms with Crippen LogP contribution in [0.4, 0.5) is 0 Å². The minimum absolute atomic E-state index is 0.0877. The first-order chi connectivity index (χ1) is 13.6. The van der Waals surface area contributed by atoms with E-state index in [1.54, 1.807) is 34.6 Å². The molecule has 0 aliphatic heterocycles. The summed E-state index contributed by atoms with van der Waals surface area (Å²) in [6.07, 6.45) is 0.513. The van der Waals surface area contributed by atoms with Gasteiger partial charge in [0, 0.05) is 6.42 Å². The first-order valence-corrected chi connectivity index (χ1v) is 11.5. The van der Waals surface area contributed by atoms with E-state index in [-0.39, 0.29) is 38.6 Å². The lowest BCUT2D eigenvalue weighted by Gasteiger charge is -2.28. The lowest BCUT2D eigenvalue weighted by Crippen LogP contribution is -2.33. The average molecular weight is 428 g/mol. The summed E-state index contributed by atoms with van der Waals surface area (Å²) in [4.78, 5) is 24.7. The average Bonchev–Trinajstić information content (AvgIpc) is 2.63. The molecule has 1 aromatic carbocycles. The molecule has 0 aromatic heterocycles. The fourth-order valence-corrected chi connectivity index (χ4v) is 4.57. The van der Waals surface area contributed by atoms with Gasteiger partial charge in [-0.1, -0.05) is 30.3 Å². The molecule has 1 atom stereocenters. The highest BCUT2D eigenvalue weighted by atomic mass is 31.2. The van der Waals surface area contributed by atoms with E-state index in [9.17, 15) is 14.2 Å². The van der Waals surface area contributed by atoms with Crippen molar-refractivity contribution in [3.63, 3.8) is 0 Å². The Morgan fingerprint density at radius 1 is 1.03 bits per heavy atom. The van der Waals surface area contributed by atoms with Gasteiger partial charge >= 0.3 is 19.5 Å². The van der Waals surface area contributed by atoms with Gasteiger partial charge in [-0.15, -0.1) is 0 Å². The van der Waals surface area contributed by atoms with Gasteiger partial charge in [0.25, 0.3) is 0 Å². The Morgan fingerprint density at radius 3 is 2.14 bits per heavy atom. The van der Waals surface area contributed by atoms with Crippen LogP contribution in [0.3, 0.4) is 0 Å². The second kappa shape index (κ2) is 12.1. The number of hydrogen-bond donors (Lipinski definition) is 0. The molecule has 0 spiro atoms. The van der Waals surface area contributed by atoms with Gasteiger partial charge in [0.2, 0.25) is 0 Å². The van der Waals surface area contributed by atoms with E-state index in [0.29, 0.717) is 6.42 Å². The van der Waals surface area contributed by atoms with E-state index in [0.717, 1.165) is 5.56 Å². The van der Waals surface area contributed by atoms with Crippen molar-refractivity contribution in [3.8, 4) is 0 Å². The van der Waals surface area contributed by atoms with Crippen LogP contribution >= 0.6 is 7.60 Å². The third-order valence-electron chi connectivity index (χ3n) is 3.78. The maximum absolute atomic E-state index is 13.2. The highest BCUT2D eigenvalue weighted by Gasteiger charge is 2.43. The van der Waals surface area contributed by atoms with Crippen molar-refractivity contribution in [2.75, 3.05) is 13.2 Å². The normalized spacial score (nSPS) is 13.0. The molecule has 164 valence electrons. The summed E-state index contributed by atoms with van der Waals surface area (Å²) >= 11 is 0. The van der Waals surface area contributed by atoms with Crippen molar-refractivity contribution in [3.05, 3.63) is 35.9 Å². The van der Waals surface area contributed by atoms with Crippen molar-refractivity contribution >= 4 is 19.5 Å². The Morgan fingerprint density at radius 2 is 1.62 bits per heavy atom. The SMILES string of the molecule is CCOP(=O)(OCC)C(CCCC(=O)OCc1ccccc1)C(=O)OC(C)(C)C. The first kappa shape index (κ1) is 25.3. The largest absolute Gasteiger partial charge is 0.461 e. The smallest absolute Gasteiger partial charge is 0.344 e. The maximum Gasteiger partial charge on any atom is 0.344 e. The Kier molecular flexibility index (Phi) is 10.6. The summed E-state index contributed by atoms with van der Waals surface area (Å²) in [7, 11) is -3.72. The number of benzene rings is 1. The fraction of sp³-hybridized carbons (Fsp3) is 0.619. The molecule has 0 fully saturated rings. The van der Waals surface area contributed by atoms with Crippen LogP contribution < -0.4 is 0 Å². The molecule has 0 saturated heterocycles. The zero-order valence-electron chi connectivity index (χ0n) is 18.0. The van der Waals surface area contributed by atoms with Crippen molar-refractivity contribution in [2.24, 2.45) is 0 Å². The molecule has 0 bridgehead atoms. The Labute approximate surface area is 173 Å². The van der Waals surface area contributed by atoms with Gasteiger partial charge in [-0.25, -0.2) is 0 Å². The van der Waals surface area contributed by atoms with Crippen LogP contribution in [0, 0.1) is 0 Å². The molecule has 29 heavy (non-hydrogen) atoms. The van der Waals surface area contributed by atoms with Crippen LogP contribution in [0.1, 0.15) is 59.4 Å². The number of rotatable bonds is 12. The van der Waals surface area contributed by atoms with Gasteiger partial charge in [0.05, 0.1) is 13.2 Å². The van der Waals surface area contributed by atoms with Crippen LogP contribution in [0.5, 0.6) is 0 Å². The second-order valence-electron chi connectivity index (χ2n) is 7.46. The lowest BCUT2D eigenvalue weighted by atomic mass is 10.1. The molecule has 0 aliphatic carbocycles. The minimum Gasteiger partial charge on any atom is -0.461 e. The third-order valence-corrected chi connectivity index (χ3v) is 6.25. The predicted molar refractivity (Wildman–Crippen MR) is 111 cm³/mol. The van der Waals surface area contributed by atoms with E-state index in [1.807, 2.05) is 30.3 Å². The molecule has 1 aromatic rings.